The van der Waals surface area contributed by atoms with Gasteiger partial charge in [0.2, 0.25) is 0 Å². The Labute approximate surface area is 414 Å². The van der Waals surface area contributed by atoms with E-state index in [0.717, 1.165) is 17.1 Å². The first-order valence-corrected chi connectivity index (χ1v) is 29.1. The highest BCUT2D eigenvalue weighted by molar-refractivity contribution is 7.26. The fourth-order valence-electron chi connectivity index (χ4n) is 12.3. The molecule has 11 aromatic carbocycles. The van der Waals surface area contributed by atoms with Gasteiger partial charge >= 0.3 is 0 Å². The maximum absolute atomic E-state index is 2.74. The van der Waals surface area contributed by atoms with Crippen LogP contribution in [-0.4, -0.2) is 16.1 Å². The molecule has 14 rings (SSSR count). The van der Waals surface area contributed by atoms with Crippen molar-refractivity contribution in [2.75, 3.05) is 4.90 Å². The van der Waals surface area contributed by atoms with Crippen molar-refractivity contribution in [2.24, 2.45) is 0 Å². The summed E-state index contributed by atoms with van der Waals surface area (Å²) in [6.45, 7) is 0. The summed E-state index contributed by atoms with van der Waals surface area (Å²) in [6.07, 6.45) is 0. The van der Waals surface area contributed by atoms with Gasteiger partial charge in [0.25, 0.3) is 0 Å². The number of fused-ring (bicyclic) bond motifs is 9. The van der Waals surface area contributed by atoms with Gasteiger partial charge in [-0.15, -0.1) is 11.3 Å². The van der Waals surface area contributed by atoms with Gasteiger partial charge in [-0.05, 0) is 117 Å². The van der Waals surface area contributed by atoms with Gasteiger partial charge in [0.15, 0.2) is 16.1 Å². The highest BCUT2D eigenvalue weighted by Gasteiger charge is 2.50. The topological polar surface area (TPSA) is 3.24 Å². The molecule has 12 aromatic rings. The molecule has 0 radical (unpaired) electrons. The van der Waals surface area contributed by atoms with E-state index in [1.807, 2.05) is 11.3 Å². The molecule has 4 heteroatoms. The summed E-state index contributed by atoms with van der Waals surface area (Å²) < 4.78 is 2.60. The van der Waals surface area contributed by atoms with Crippen molar-refractivity contribution >= 4 is 106 Å². The smallest absolute Gasteiger partial charge is 0.180 e. The first-order chi connectivity index (χ1) is 34.7. The molecule has 1 nitrogen and oxygen atoms in total. The molecule has 0 unspecified atom stereocenters. The average molecular weight is 940 g/mol. The molecule has 0 saturated carbocycles. The maximum Gasteiger partial charge on any atom is 0.180 e. The van der Waals surface area contributed by atoms with Crippen LogP contribution in [0.1, 0.15) is 0 Å². The predicted octanol–water partition coefficient (Wildman–Crippen LogP) is 11.9. The second-order valence-corrected chi connectivity index (χ2v) is 27.3. The highest BCUT2D eigenvalue weighted by atomic mass is 32.1. The molecule has 0 saturated heterocycles. The van der Waals surface area contributed by atoms with Gasteiger partial charge in [0.1, 0.15) is 0 Å². The minimum atomic E-state index is -2.74. The summed E-state index contributed by atoms with van der Waals surface area (Å²) in [4.78, 5) is 2.49. The number of nitrogens with zero attached hydrogens (tertiary/aromatic N) is 1. The van der Waals surface area contributed by atoms with Crippen molar-refractivity contribution in [3.8, 4) is 33.4 Å². The van der Waals surface area contributed by atoms with Gasteiger partial charge in [0.05, 0.1) is 0 Å². The normalized spacial score (nSPS) is 13.7. The lowest BCUT2D eigenvalue weighted by atomic mass is 10.0. The van der Waals surface area contributed by atoms with Crippen molar-refractivity contribution in [1.82, 2.24) is 0 Å². The van der Waals surface area contributed by atoms with Gasteiger partial charge in [-0.1, -0.05) is 231 Å². The number of anilines is 3. The minimum absolute atomic E-state index is 1.12. The molecule has 2 aliphatic rings. The quantitative estimate of drug-likeness (QED) is 0.137. The summed E-state index contributed by atoms with van der Waals surface area (Å²) in [5.41, 5.74) is 11.2. The zero-order valence-electron chi connectivity index (χ0n) is 38.3. The molecule has 70 heavy (non-hydrogen) atoms. The Bertz CT molecular complexity index is 3870. The number of benzene rings is 11. The molecule has 0 amide bonds. The first-order valence-electron chi connectivity index (χ1n) is 24.2. The van der Waals surface area contributed by atoms with E-state index < -0.39 is 16.1 Å². The lowest BCUT2D eigenvalue weighted by Crippen LogP contribution is -2.72. The van der Waals surface area contributed by atoms with E-state index in [2.05, 4.69) is 278 Å². The lowest BCUT2D eigenvalue weighted by molar-refractivity contribution is 1.29. The third kappa shape index (κ3) is 6.01. The fraction of sp³-hybridized carbons (Fsp3) is 0. The molecular weight excluding hydrogens is 895 g/mol. The summed E-state index contributed by atoms with van der Waals surface area (Å²) in [7, 11) is -5.38. The van der Waals surface area contributed by atoms with Gasteiger partial charge in [-0.2, -0.15) is 0 Å². The zero-order chi connectivity index (χ0) is 46.2. The van der Waals surface area contributed by atoms with Crippen LogP contribution in [0.15, 0.2) is 273 Å². The zero-order valence-corrected chi connectivity index (χ0v) is 41.2. The molecule has 0 atom stereocenters. The number of rotatable bonds is 8. The molecule has 0 N–H and O–H groups in total. The Morgan fingerprint density at radius 2 is 0.700 bits per heavy atom. The van der Waals surface area contributed by atoms with E-state index in [0.29, 0.717) is 0 Å². The van der Waals surface area contributed by atoms with Crippen LogP contribution in [0.2, 0.25) is 0 Å². The molecule has 1 aromatic heterocycles. The molecule has 328 valence electrons. The van der Waals surface area contributed by atoms with Gasteiger partial charge in [-0.25, -0.2) is 0 Å². The molecule has 3 heterocycles. The Hall–Kier alpha value is -8.13. The largest absolute Gasteiger partial charge is 0.310 e. The van der Waals surface area contributed by atoms with Crippen LogP contribution in [0.3, 0.4) is 0 Å². The van der Waals surface area contributed by atoms with Crippen molar-refractivity contribution in [3.63, 3.8) is 0 Å². The molecule has 0 bridgehead atoms. The molecular formula is C66H45NSSi2. The van der Waals surface area contributed by atoms with Crippen LogP contribution in [0.25, 0.3) is 53.6 Å². The average Bonchev–Trinajstić information content (AvgIpc) is 4.07. The summed E-state index contributed by atoms with van der Waals surface area (Å²) in [5, 5.41) is 14.0. The predicted molar refractivity (Wildman–Crippen MR) is 305 cm³/mol. The van der Waals surface area contributed by atoms with Crippen molar-refractivity contribution in [2.45, 2.75) is 0 Å². The third-order valence-corrected chi connectivity index (χ3v) is 26.1. The summed E-state index contributed by atoms with van der Waals surface area (Å²) in [5.74, 6) is 0. The Morgan fingerprint density at radius 3 is 1.30 bits per heavy atom. The third-order valence-electron chi connectivity index (χ3n) is 15.2. The van der Waals surface area contributed by atoms with Crippen LogP contribution >= 0.6 is 11.3 Å². The molecule has 0 fully saturated rings. The molecule has 2 aliphatic heterocycles. The van der Waals surface area contributed by atoms with Crippen LogP contribution in [-0.2, 0) is 0 Å². The summed E-state index contributed by atoms with van der Waals surface area (Å²) in [6, 6.07) is 103. The van der Waals surface area contributed by atoms with E-state index in [9.17, 15) is 0 Å². The number of thiophene rings is 1. The van der Waals surface area contributed by atoms with Crippen LogP contribution in [0, 0.1) is 0 Å². The van der Waals surface area contributed by atoms with Crippen molar-refractivity contribution in [1.29, 1.82) is 0 Å². The van der Waals surface area contributed by atoms with E-state index in [-0.39, 0.29) is 0 Å². The van der Waals surface area contributed by atoms with Gasteiger partial charge in [0, 0.05) is 37.2 Å². The van der Waals surface area contributed by atoms with Crippen LogP contribution in [0.5, 0.6) is 0 Å². The number of hydrogen-bond acceptors (Lipinski definition) is 2. The Morgan fingerprint density at radius 1 is 0.257 bits per heavy atom. The number of hydrogen-bond donors (Lipinski definition) is 0. The maximum atomic E-state index is 2.54. The standard InChI is InChI=1S/C66H45NSSi2/c1-4-20-51(21-5-1)69(52-22-6-2-7-23-52)63-32-15-13-30-59(63)60-42-40-50(45-66(60)69)67(49-39-41-56-55-27-10-14-31-61(55)68-62(56)44-49)48-37-35-46(36-38-48)47-19-18-26-54(43-47)70(53-24-8-3-9-25-53)64-33-16-11-28-57(64)58-29-12-17-34-65(58)70/h1-45H. The second-order valence-electron chi connectivity index (χ2n) is 18.7. The van der Waals surface area contributed by atoms with E-state index >= 15 is 0 Å². The highest BCUT2D eigenvalue weighted by Crippen LogP contribution is 2.42. The van der Waals surface area contributed by atoms with Crippen molar-refractivity contribution in [3.05, 3.63) is 273 Å². The lowest BCUT2D eigenvalue weighted by Gasteiger charge is -2.33. The van der Waals surface area contributed by atoms with Gasteiger partial charge < -0.3 is 4.90 Å². The summed E-state index contributed by atoms with van der Waals surface area (Å²) >= 11 is 1.87. The Balaban J connectivity index is 0.943. The first kappa shape index (κ1) is 40.9. The SMILES string of the molecule is c1ccc([Si]2(c3cccc(-c4ccc(N(c5ccc6c(c5)[Si](c5ccccc5)(c5ccccc5)c5ccccc5-6)c5ccc6c(c5)sc5ccccc56)cc4)c3)c3ccccc3-c3ccccc32)cc1. The van der Waals surface area contributed by atoms with Crippen LogP contribution < -0.4 is 46.4 Å². The fourth-order valence-corrected chi connectivity index (χ4v) is 23.9. The van der Waals surface area contributed by atoms with E-state index in [1.54, 1.807) is 0 Å². The monoisotopic (exact) mass is 939 g/mol. The van der Waals surface area contributed by atoms with Crippen LogP contribution in [0.4, 0.5) is 17.1 Å². The second kappa shape index (κ2) is 16.3. The molecule has 0 spiro atoms. The minimum Gasteiger partial charge on any atom is -0.310 e. The van der Waals surface area contributed by atoms with E-state index in [4.69, 9.17) is 0 Å². The van der Waals surface area contributed by atoms with E-state index in [1.165, 1.54) is 95.0 Å². The molecule has 0 aliphatic carbocycles. The Kier molecular flexibility index (Phi) is 9.50. The van der Waals surface area contributed by atoms with Crippen molar-refractivity contribution < 1.29 is 0 Å². The van der Waals surface area contributed by atoms with Gasteiger partial charge in [-0.3, -0.25) is 0 Å².